The van der Waals surface area contributed by atoms with Crippen LogP contribution in [0.5, 0.6) is 0 Å². The first kappa shape index (κ1) is 12.1. The van der Waals surface area contributed by atoms with Gasteiger partial charge in [-0.15, -0.1) is 0 Å². The third-order valence-corrected chi connectivity index (χ3v) is 2.97. The van der Waals surface area contributed by atoms with Crippen LogP contribution >= 0.6 is 0 Å². The minimum absolute atomic E-state index is 0.338. The van der Waals surface area contributed by atoms with Gasteiger partial charge in [-0.3, -0.25) is 0 Å². The first-order valence-corrected chi connectivity index (χ1v) is 5.68. The molecule has 92 valence electrons. The Balaban J connectivity index is 2.25. The van der Waals surface area contributed by atoms with Gasteiger partial charge in [-0.25, -0.2) is 4.79 Å². The van der Waals surface area contributed by atoms with E-state index in [0.29, 0.717) is 18.8 Å². The molecule has 0 amide bonds. The van der Waals surface area contributed by atoms with E-state index in [0.717, 1.165) is 12.0 Å². The molecule has 0 atom stereocenters. The van der Waals surface area contributed by atoms with Crippen LogP contribution in [0.15, 0.2) is 24.3 Å². The second kappa shape index (κ2) is 4.85. The summed E-state index contributed by atoms with van der Waals surface area (Å²) in [6, 6.07) is 7.15. The molecule has 2 rings (SSSR count). The van der Waals surface area contributed by atoms with Crippen molar-refractivity contribution in [3.63, 3.8) is 0 Å². The number of carbonyl (C=O) groups is 1. The fourth-order valence-electron chi connectivity index (χ4n) is 2.01. The monoisotopic (exact) mass is 236 g/mol. The zero-order chi connectivity index (χ0) is 12.3. The van der Waals surface area contributed by atoms with Crippen molar-refractivity contribution in [3.8, 4) is 0 Å². The van der Waals surface area contributed by atoms with Crippen LogP contribution in [0.3, 0.4) is 0 Å². The summed E-state index contributed by atoms with van der Waals surface area (Å²) in [7, 11) is 1.37. The van der Waals surface area contributed by atoms with Gasteiger partial charge in [0, 0.05) is 12.0 Å². The fraction of sp³-hybridized carbons (Fsp3) is 0.462. The van der Waals surface area contributed by atoms with E-state index in [1.807, 2.05) is 19.1 Å². The van der Waals surface area contributed by atoms with Crippen molar-refractivity contribution in [1.82, 2.24) is 0 Å². The number of ether oxygens (including phenoxy) is 3. The van der Waals surface area contributed by atoms with Gasteiger partial charge in [0.2, 0.25) is 0 Å². The topological polar surface area (TPSA) is 44.8 Å². The van der Waals surface area contributed by atoms with Gasteiger partial charge >= 0.3 is 5.97 Å². The predicted octanol–water partition coefficient (Wildman–Crippen LogP) is 2.08. The van der Waals surface area contributed by atoms with Crippen LogP contribution in [-0.2, 0) is 20.0 Å². The highest BCUT2D eigenvalue weighted by Gasteiger charge is 2.36. The van der Waals surface area contributed by atoms with Gasteiger partial charge in [0.25, 0.3) is 0 Å². The molecule has 0 aromatic heterocycles. The molecule has 1 aliphatic heterocycles. The van der Waals surface area contributed by atoms with E-state index in [9.17, 15) is 4.79 Å². The molecule has 0 bridgehead atoms. The van der Waals surface area contributed by atoms with E-state index in [1.54, 1.807) is 12.1 Å². The predicted molar refractivity (Wildman–Crippen MR) is 61.7 cm³/mol. The van der Waals surface area contributed by atoms with Crippen molar-refractivity contribution >= 4 is 5.97 Å². The highest BCUT2D eigenvalue weighted by Crippen LogP contribution is 2.34. The lowest BCUT2D eigenvalue weighted by molar-refractivity contribution is -0.167. The van der Waals surface area contributed by atoms with Gasteiger partial charge in [-0.05, 0) is 12.1 Å². The quantitative estimate of drug-likeness (QED) is 0.754. The molecule has 0 unspecified atom stereocenters. The Hall–Kier alpha value is -1.39. The Morgan fingerprint density at radius 3 is 2.35 bits per heavy atom. The summed E-state index contributed by atoms with van der Waals surface area (Å²) in [5.41, 5.74) is 1.46. The molecule has 1 aliphatic rings. The van der Waals surface area contributed by atoms with Crippen molar-refractivity contribution in [1.29, 1.82) is 0 Å². The maximum Gasteiger partial charge on any atom is 0.337 e. The minimum Gasteiger partial charge on any atom is -0.465 e. The summed E-state index contributed by atoms with van der Waals surface area (Å²) in [5.74, 6) is -0.982. The number of rotatable bonds is 3. The lowest BCUT2D eigenvalue weighted by Crippen LogP contribution is -2.26. The van der Waals surface area contributed by atoms with E-state index in [2.05, 4.69) is 4.74 Å². The van der Waals surface area contributed by atoms with Gasteiger partial charge in [0.15, 0.2) is 5.79 Å². The van der Waals surface area contributed by atoms with Crippen molar-refractivity contribution in [3.05, 3.63) is 35.4 Å². The lowest BCUT2D eigenvalue weighted by atomic mass is 10.0. The van der Waals surface area contributed by atoms with Crippen LogP contribution < -0.4 is 0 Å². The first-order chi connectivity index (χ1) is 8.22. The SMILES string of the molecule is CCC1(c2ccc(C(=O)OC)cc2)OCCO1. The number of hydrogen-bond donors (Lipinski definition) is 0. The van der Waals surface area contributed by atoms with Crippen molar-refractivity contribution < 1.29 is 19.0 Å². The molecule has 0 aliphatic carbocycles. The summed E-state index contributed by atoms with van der Waals surface area (Å²) in [5, 5.41) is 0. The van der Waals surface area contributed by atoms with E-state index < -0.39 is 5.79 Å². The van der Waals surface area contributed by atoms with Crippen LogP contribution in [0, 0.1) is 0 Å². The summed E-state index contributed by atoms with van der Waals surface area (Å²) < 4.78 is 16.0. The number of methoxy groups -OCH3 is 1. The van der Waals surface area contributed by atoms with E-state index in [-0.39, 0.29) is 5.97 Å². The molecule has 1 heterocycles. The van der Waals surface area contributed by atoms with Crippen molar-refractivity contribution in [2.45, 2.75) is 19.1 Å². The molecule has 0 spiro atoms. The summed E-state index contributed by atoms with van der Waals surface area (Å²) >= 11 is 0. The van der Waals surface area contributed by atoms with Crippen LogP contribution in [0.25, 0.3) is 0 Å². The molecule has 0 N–H and O–H groups in total. The molecule has 4 heteroatoms. The Bertz CT molecular complexity index is 390. The number of carbonyl (C=O) groups excluding carboxylic acids is 1. The Kier molecular flexibility index (Phi) is 3.45. The molecule has 1 aromatic rings. The highest BCUT2D eigenvalue weighted by molar-refractivity contribution is 5.89. The molecule has 17 heavy (non-hydrogen) atoms. The van der Waals surface area contributed by atoms with Crippen LogP contribution in [-0.4, -0.2) is 26.3 Å². The second-order valence-electron chi connectivity index (χ2n) is 3.87. The third kappa shape index (κ3) is 2.18. The largest absolute Gasteiger partial charge is 0.465 e. The zero-order valence-electron chi connectivity index (χ0n) is 10.1. The zero-order valence-corrected chi connectivity index (χ0v) is 10.1. The number of hydrogen-bond acceptors (Lipinski definition) is 4. The molecular weight excluding hydrogens is 220 g/mol. The molecule has 0 saturated carbocycles. The Morgan fingerprint density at radius 2 is 1.88 bits per heavy atom. The molecule has 1 fully saturated rings. The van der Waals surface area contributed by atoms with Gasteiger partial charge < -0.3 is 14.2 Å². The highest BCUT2D eigenvalue weighted by atomic mass is 16.7. The summed E-state index contributed by atoms with van der Waals surface area (Å²) in [6.07, 6.45) is 0.741. The van der Waals surface area contributed by atoms with Gasteiger partial charge in [0.1, 0.15) is 0 Å². The maximum atomic E-state index is 11.3. The maximum absolute atomic E-state index is 11.3. The summed E-state index contributed by atoms with van der Waals surface area (Å²) in [6.45, 7) is 3.22. The average Bonchev–Trinajstić information content (AvgIpc) is 2.88. The van der Waals surface area contributed by atoms with Crippen LogP contribution in [0.4, 0.5) is 0 Å². The fourth-order valence-corrected chi connectivity index (χ4v) is 2.01. The molecule has 1 saturated heterocycles. The van der Waals surface area contributed by atoms with Crippen LogP contribution in [0.1, 0.15) is 29.3 Å². The van der Waals surface area contributed by atoms with Crippen molar-refractivity contribution in [2.75, 3.05) is 20.3 Å². The Labute approximate surface area is 100 Å². The first-order valence-electron chi connectivity index (χ1n) is 5.68. The normalized spacial score (nSPS) is 18.0. The minimum atomic E-state index is -0.644. The van der Waals surface area contributed by atoms with Crippen LogP contribution in [0.2, 0.25) is 0 Å². The Morgan fingerprint density at radius 1 is 1.29 bits per heavy atom. The number of esters is 1. The van der Waals surface area contributed by atoms with Gasteiger partial charge in [-0.1, -0.05) is 19.1 Å². The number of benzene rings is 1. The smallest absolute Gasteiger partial charge is 0.337 e. The molecule has 1 aromatic carbocycles. The van der Waals surface area contributed by atoms with E-state index in [4.69, 9.17) is 9.47 Å². The summed E-state index contributed by atoms with van der Waals surface area (Å²) in [4.78, 5) is 11.3. The van der Waals surface area contributed by atoms with E-state index in [1.165, 1.54) is 7.11 Å². The third-order valence-electron chi connectivity index (χ3n) is 2.97. The van der Waals surface area contributed by atoms with Gasteiger partial charge in [-0.2, -0.15) is 0 Å². The van der Waals surface area contributed by atoms with Crippen molar-refractivity contribution in [2.24, 2.45) is 0 Å². The average molecular weight is 236 g/mol. The second-order valence-corrected chi connectivity index (χ2v) is 3.87. The lowest BCUT2D eigenvalue weighted by Gasteiger charge is -2.26. The van der Waals surface area contributed by atoms with E-state index >= 15 is 0 Å². The molecular formula is C13H16O4. The molecule has 4 nitrogen and oxygen atoms in total. The van der Waals surface area contributed by atoms with Gasteiger partial charge in [0.05, 0.1) is 25.9 Å². The standard InChI is InChI=1S/C13H16O4/c1-3-13(16-8-9-17-13)11-6-4-10(5-7-11)12(14)15-2/h4-7H,3,8-9H2,1-2H3. The molecule has 0 radical (unpaired) electrons.